The van der Waals surface area contributed by atoms with E-state index in [1.807, 2.05) is 0 Å². The van der Waals surface area contributed by atoms with Gasteiger partial charge in [0.1, 0.15) is 5.54 Å². The summed E-state index contributed by atoms with van der Waals surface area (Å²) in [5, 5.41) is 20.9. The van der Waals surface area contributed by atoms with Crippen LogP contribution >= 0.6 is 0 Å². The molecule has 0 aliphatic carbocycles. The molecule has 1 amide bonds. The van der Waals surface area contributed by atoms with Gasteiger partial charge in [-0.25, -0.2) is 5.48 Å². The number of carbonyl (C=O) groups is 2. The Morgan fingerprint density at radius 3 is 2.65 bits per heavy atom. The van der Waals surface area contributed by atoms with Gasteiger partial charge >= 0.3 is 5.97 Å². The highest BCUT2D eigenvalue weighted by Crippen LogP contribution is 2.21. The van der Waals surface area contributed by atoms with Crippen molar-refractivity contribution in [3.8, 4) is 0 Å². The van der Waals surface area contributed by atoms with E-state index in [9.17, 15) is 14.7 Å². The Morgan fingerprint density at radius 2 is 2.09 bits per heavy atom. The third kappa shape index (κ3) is 4.59. The standard InChI is InChI=1S/C15H19N3O5/c19-13(18-22)4-3-12-2-1-11(9-16-12)10-17-15(14(20)21)5-7-23-8-6-15/h1-4,9,17,22H,5-8,10H2,(H,18,19)(H,20,21)/b4-3+. The van der Waals surface area contributed by atoms with E-state index in [2.05, 4.69) is 10.3 Å². The minimum Gasteiger partial charge on any atom is -0.480 e. The molecule has 1 saturated heterocycles. The van der Waals surface area contributed by atoms with E-state index in [1.165, 1.54) is 11.6 Å². The monoisotopic (exact) mass is 321 g/mol. The number of rotatable bonds is 6. The van der Waals surface area contributed by atoms with Gasteiger partial charge in [0.25, 0.3) is 5.91 Å². The number of hydrogen-bond donors (Lipinski definition) is 4. The Balaban J connectivity index is 1.96. The summed E-state index contributed by atoms with van der Waals surface area (Å²) in [6.45, 7) is 1.23. The molecule has 2 heterocycles. The van der Waals surface area contributed by atoms with Gasteiger partial charge in [-0.3, -0.25) is 25.1 Å². The normalized spacial score (nSPS) is 17.1. The van der Waals surface area contributed by atoms with Crippen molar-refractivity contribution in [2.75, 3.05) is 13.2 Å². The first-order valence-corrected chi connectivity index (χ1v) is 7.19. The van der Waals surface area contributed by atoms with Crippen LogP contribution in [0.1, 0.15) is 24.1 Å². The number of hydroxylamine groups is 1. The number of pyridine rings is 1. The number of carbonyl (C=O) groups excluding carboxylic acids is 1. The van der Waals surface area contributed by atoms with Gasteiger partial charge in [-0.05, 0) is 30.5 Å². The summed E-state index contributed by atoms with van der Waals surface area (Å²) in [6.07, 6.45) is 5.07. The maximum Gasteiger partial charge on any atom is 0.324 e. The predicted octanol–water partition coefficient (Wildman–Crippen LogP) is 0.324. The second-order valence-corrected chi connectivity index (χ2v) is 5.25. The molecule has 1 aromatic heterocycles. The maximum atomic E-state index is 11.5. The first-order chi connectivity index (χ1) is 11.1. The molecule has 0 aromatic carbocycles. The van der Waals surface area contributed by atoms with Gasteiger partial charge in [0.05, 0.1) is 5.69 Å². The van der Waals surface area contributed by atoms with Gasteiger partial charge < -0.3 is 9.84 Å². The fourth-order valence-corrected chi connectivity index (χ4v) is 2.29. The SMILES string of the molecule is O=C(/C=C/c1ccc(CNC2(C(=O)O)CCOCC2)cn1)NO. The van der Waals surface area contributed by atoms with Crippen molar-refractivity contribution in [2.24, 2.45) is 0 Å². The van der Waals surface area contributed by atoms with Crippen molar-refractivity contribution >= 4 is 18.0 Å². The maximum absolute atomic E-state index is 11.5. The highest BCUT2D eigenvalue weighted by atomic mass is 16.5. The number of aromatic nitrogens is 1. The quantitative estimate of drug-likeness (QED) is 0.338. The molecule has 1 aliphatic heterocycles. The average molecular weight is 321 g/mol. The number of amides is 1. The van der Waals surface area contributed by atoms with Crippen LogP contribution < -0.4 is 10.8 Å². The van der Waals surface area contributed by atoms with E-state index < -0.39 is 17.4 Å². The molecule has 1 fully saturated rings. The third-order valence-electron chi connectivity index (χ3n) is 3.75. The molecule has 0 atom stereocenters. The number of aliphatic carboxylic acids is 1. The van der Waals surface area contributed by atoms with Crippen molar-refractivity contribution in [2.45, 2.75) is 24.9 Å². The molecule has 4 N–H and O–H groups in total. The highest BCUT2D eigenvalue weighted by Gasteiger charge is 2.39. The number of carboxylic acids is 1. The molecule has 2 rings (SSSR count). The first kappa shape index (κ1) is 17.1. The van der Waals surface area contributed by atoms with E-state index in [0.717, 1.165) is 11.6 Å². The number of nitrogens with zero attached hydrogens (tertiary/aromatic N) is 1. The molecular formula is C15H19N3O5. The second kappa shape index (κ2) is 7.82. The molecule has 1 aliphatic rings. The molecule has 0 unspecified atom stereocenters. The lowest BCUT2D eigenvalue weighted by molar-refractivity contribution is -0.149. The largest absolute Gasteiger partial charge is 0.480 e. The zero-order chi connectivity index (χ0) is 16.7. The predicted molar refractivity (Wildman–Crippen MR) is 80.5 cm³/mol. The summed E-state index contributed by atoms with van der Waals surface area (Å²) in [6, 6.07) is 3.50. The lowest BCUT2D eigenvalue weighted by Gasteiger charge is -2.34. The summed E-state index contributed by atoms with van der Waals surface area (Å²) in [5.41, 5.74) is 1.91. The summed E-state index contributed by atoms with van der Waals surface area (Å²) in [5.74, 6) is -1.51. The zero-order valence-corrected chi connectivity index (χ0v) is 12.5. The van der Waals surface area contributed by atoms with Crippen LogP contribution in [-0.2, 0) is 20.9 Å². The van der Waals surface area contributed by atoms with Gasteiger partial charge in [-0.2, -0.15) is 0 Å². The van der Waals surface area contributed by atoms with Crippen LogP contribution in [0.4, 0.5) is 0 Å². The zero-order valence-electron chi connectivity index (χ0n) is 12.5. The average Bonchev–Trinajstić information content (AvgIpc) is 2.59. The Bertz CT molecular complexity index is 579. The second-order valence-electron chi connectivity index (χ2n) is 5.25. The molecule has 0 bridgehead atoms. The Kier molecular flexibility index (Phi) is 5.80. The summed E-state index contributed by atoms with van der Waals surface area (Å²) >= 11 is 0. The van der Waals surface area contributed by atoms with Crippen LogP contribution in [0.3, 0.4) is 0 Å². The van der Waals surface area contributed by atoms with Crippen LogP contribution in [0.2, 0.25) is 0 Å². The van der Waals surface area contributed by atoms with Crippen LogP contribution in [0.5, 0.6) is 0 Å². The lowest BCUT2D eigenvalue weighted by atomic mass is 9.90. The molecular weight excluding hydrogens is 302 g/mol. The fraction of sp³-hybridized carbons (Fsp3) is 0.400. The lowest BCUT2D eigenvalue weighted by Crippen LogP contribution is -2.55. The van der Waals surface area contributed by atoms with Gasteiger partial charge in [0.15, 0.2) is 0 Å². The number of hydrogen-bond acceptors (Lipinski definition) is 6. The van der Waals surface area contributed by atoms with Gasteiger partial charge in [0.2, 0.25) is 0 Å². The molecule has 1 aromatic rings. The smallest absolute Gasteiger partial charge is 0.324 e. The van der Waals surface area contributed by atoms with Crippen molar-refractivity contribution in [3.63, 3.8) is 0 Å². The van der Waals surface area contributed by atoms with Crippen LogP contribution in [0.25, 0.3) is 6.08 Å². The summed E-state index contributed by atoms with van der Waals surface area (Å²) in [7, 11) is 0. The van der Waals surface area contributed by atoms with E-state index in [-0.39, 0.29) is 0 Å². The van der Waals surface area contributed by atoms with Gasteiger partial charge in [0, 0.05) is 32.0 Å². The number of nitrogens with one attached hydrogen (secondary N) is 2. The minimum absolute atomic E-state index is 0.375. The van der Waals surface area contributed by atoms with Crippen molar-refractivity contribution in [3.05, 3.63) is 35.7 Å². The van der Waals surface area contributed by atoms with E-state index in [1.54, 1.807) is 18.3 Å². The molecule has 0 saturated carbocycles. The van der Waals surface area contributed by atoms with Gasteiger partial charge in [-0.1, -0.05) is 6.07 Å². The molecule has 23 heavy (non-hydrogen) atoms. The molecule has 8 heteroatoms. The third-order valence-corrected chi connectivity index (χ3v) is 3.75. The van der Waals surface area contributed by atoms with Crippen LogP contribution in [-0.4, -0.2) is 45.9 Å². The Labute approximate surface area is 133 Å². The van der Waals surface area contributed by atoms with E-state index >= 15 is 0 Å². The highest BCUT2D eigenvalue weighted by molar-refractivity contribution is 5.90. The molecule has 8 nitrogen and oxygen atoms in total. The van der Waals surface area contributed by atoms with Crippen molar-refractivity contribution in [1.82, 2.24) is 15.8 Å². The molecule has 0 spiro atoms. The first-order valence-electron chi connectivity index (χ1n) is 7.19. The van der Waals surface area contributed by atoms with Crippen LogP contribution in [0.15, 0.2) is 24.4 Å². The Morgan fingerprint density at radius 1 is 1.35 bits per heavy atom. The van der Waals surface area contributed by atoms with Crippen LogP contribution in [0, 0.1) is 0 Å². The van der Waals surface area contributed by atoms with Gasteiger partial charge in [-0.15, -0.1) is 0 Å². The minimum atomic E-state index is -0.962. The fourth-order valence-electron chi connectivity index (χ4n) is 2.29. The van der Waals surface area contributed by atoms with E-state index in [4.69, 9.17) is 9.94 Å². The summed E-state index contributed by atoms with van der Waals surface area (Å²) in [4.78, 5) is 26.6. The number of ether oxygens (including phenoxy) is 1. The van der Waals surface area contributed by atoms with Crippen molar-refractivity contribution in [1.29, 1.82) is 0 Å². The molecule has 124 valence electrons. The molecule has 0 radical (unpaired) electrons. The summed E-state index contributed by atoms with van der Waals surface area (Å²) < 4.78 is 5.22. The number of carboxylic acid groups (broad SMARTS) is 1. The van der Waals surface area contributed by atoms with Crippen molar-refractivity contribution < 1.29 is 24.6 Å². The van der Waals surface area contributed by atoms with E-state index in [0.29, 0.717) is 38.3 Å². The topological polar surface area (TPSA) is 121 Å². The Hall–Kier alpha value is -2.29.